The predicted molar refractivity (Wildman–Crippen MR) is 19.8 cm³/mol. The van der Waals surface area contributed by atoms with Crippen molar-refractivity contribution < 1.29 is 19.5 Å². The summed E-state index contributed by atoms with van der Waals surface area (Å²) in [6, 6.07) is 0. The van der Waals surface area contributed by atoms with Gasteiger partial charge in [-0.2, -0.15) is 0 Å². The summed E-state index contributed by atoms with van der Waals surface area (Å²) in [6.45, 7) is 0. The Kier molecular flexibility index (Phi) is 1870. The minimum atomic E-state index is 0. The van der Waals surface area contributed by atoms with E-state index in [1.807, 2.05) is 0 Å². The van der Waals surface area contributed by atoms with Crippen LogP contribution in [0.5, 0.6) is 0 Å². The Bertz CT molecular complexity index is 19.1. The smallest absolute Gasteiger partial charge is 0 e. The van der Waals surface area contributed by atoms with E-state index in [0.717, 1.165) is 0 Å². The van der Waals surface area contributed by atoms with E-state index in [-0.39, 0.29) is 19.5 Å². The molecule has 0 fully saturated rings. The summed E-state index contributed by atoms with van der Waals surface area (Å²) >= 11 is 0. The van der Waals surface area contributed by atoms with Crippen LogP contribution in [0.25, 0.3) is 0 Å². The van der Waals surface area contributed by atoms with Crippen LogP contribution in [0.15, 0.2) is 0 Å². The van der Waals surface area contributed by atoms with Gasteiger partial charge in [0.1, 0.15) is 0 Å². The topological polar surface area (TPSA) is 0 Å². The molecule has 0 unspecified atom stereocenters. The van der Waals surface area contributed by atoms with Crippen LogP contribution in [0.1, 0.15) is 0 Å². The minimum Gasteiger partial charge on any atom is -0.124 e. The zero-order valence-electron chi connectivity index (χ0n) is 3.02. The zero-order valence-corrected chi connectivity index (χ0v) is 5.98. The molecular weight excluding hydrogens is 113 g/mol. The fourth-order valence-corrected chi connectivity index (χ4v) is 0. The summed E-state index contributed by atoms with van der Waals surface area (Å²) in [5.41, 5.74) is 0. The van der Waals surface area contributed by atoms with E-state index in [9.17, 15) is 0 Å². The average molecular weight is 117 g/mol. The molecule has 0 aromatic rings. The molecule has 0 saturated heterocycles. The third-order valence-corrected chi connectivity index (χ3v) is 0. The quantitative estimate of drug-likeness (QED) is 0.320. The minimum absolute atomic E-state index is 0. The van der Waals surface area contributed by atoms with Crippen LogP contribution in [0, 0.1) is 25.7 Å². The van der Waals surface area contributed by atoms with Gasteiger partial charge in [-0.1, -0.05) is 0 Å². The SMILES string of the molecule is C#C.C#C.[Zn]. The molecule has 0 aliphatic carbocycles. The van der Waals surface area contributed by atoms with E-state index in [4.69, 9.17) is 0 Å². The van der Waals surface area contributed by atoms with E-state index in [1.54, 1.807) is 0 Å². The van der Waals surface area contributed by atoms with E-state index >= 15 is 0 Å². The van der Waals surface area contributed by atoms with E-state index < -0.39 is 0 Å². The summed E-state index contributed by atoms with van der Waals surface area (Å²) in [4.78, 5) is 0. The molecule has 0 atom stereocenters. The molecule has 0 saturated carbocycles. The third kappa shape index (κ3) is 173. The molecule has 0 rings (SSSR count). The van der Waals surface area contributed by atoms with Crippen molar-refractivity contribution in [3.63, 3.8) is 0 Å². The van der Waals surface area contributed by atoms with Crippen molar-refractivity contribution in [3.8, 4) is 25.7 Å². The second-order valence-electron chi connectivity index (χ2n) is 0. The number of hydrogen-bond acceptors (Lipinski definition) is 0. The molecule has 0 spiro atoms. The van der Waals surface area contributed by atoms with Gasteiger partial charge in [0, 0.05) is 19.5 Å². The fraction of sp³-hybridized carbons (Fsp3) is 0. The number of hydrogen-bond donors (Lipinski definition) is 0. The van der Waals surface area contributed by atoms with E-state index in [2.05, 4.69) is 25.7 Å². The monoisotopic (exact) mass is 116 g/mol. The van der Waals surface area contributed by atoms with E-state index in [0.29, 0.717) is 0 Å². The van der Waals surface area contributed by atoms with Crippen LogP contribution in [0.3, 0.4) is 0 Å². The maximum atomic E-state index is 4.00. The Morgan fingerprint density at radius 3 is 0.600 bits per heavy atom. The van der Waals surface area contributed by atoms with Gasteiger partial charge in [0.15, 0.2) is 0 Å². The molecule has 0 nitrogen and oxygen atoms in total. The van der Waals surface area contributed by atoms with Gasteiger partial charge in [0.2, 0.25) is 0 Å². The van der Waals surface area contributed by atoms with E-state index in [1.165, 1.54) is 0 Å². The first kappa shape index (κ1) is 21.9. The summed E-state index contributed by atoms with van der Waals surface area (Å²) in [5, 5.41) is 0. The average Bonchev–Trinajstić information content (AvgIpc) is 1.50. The fourth-order valence-electron chi connectivity index (χ4n) is 0. The molecule has 1 heteroatoms. The van der Waals surface area contributed by atoms with Crippen LogP contribution < -0.4 is 0 Å². The second-order valence-corrected chi connectivity index (χ2v) is 0. The normalized spacial score (nSPS) is 0.800. The molecule has 0 aliphatic heterocycles. The Balaban J connectivity index is -0.0000000133. The molecular formula is C4H4Zn. The van der Waals surface area contributed by atoms with Crippen molar-refractivity contribution in [2.75, 3.05) is 0 Å². The first-order chi connectivity index (χ1) is 2.00. The van der Waals surface area contributed by atoms with Crippen molar-refractivity contribution in [1.82, 2.24) is 0 Å². The second kappa shape index (κ2) is 428. The molecule has 0 N–H and O–H groups in total. The van der Waals surface area contributed by atoms with Crippen LogP contribution >= 0.6 is 0 Å². The Morgan fingerprint density at radius 1 is 0.600 bits per heavy atom. The Labute approximate surface area is 45.7 Å². The van der Waals surface area contributed by atoms with Gasteiger partial charge in [-0.15, -0.1) is 25.7 Å². The van der Waals surface area contributed by atoms with Gasteiger partial charge >= 0.3 is 0 Å². The van der Waals surface area contributed by atoms with Crippen molar-refractivity contribution in [3.05, 3.63) is 0 Å². The van der Waals surface area contributed by atoms with Crippen LogP contribution in [-0.4, -0.2) is 0 Å². The van der Waals surface area contributed by atoms with Crippen molar-refractivity contribution >= 4 is 0 Å². The molecule has 0 radical (unpaired) electrons. The van der Waals surface area contributed by atoms with Crippen LogP contribution in [0.2, 0.25) is 0 Å². The summed E-state index contributed by atoms with van der Waals surface area (Å²) in [6.07, 6.45) is 16.0. The Hall–Kier alpha value is -0.257. The predicted octanol–water partition coefficient (Wildman–Crippen LogP) is 0.496. The number of rotatable bonds is 0. The molecule has 0 bridgehead atoms. The molecule has 0 heterocycles. The van der Waals surface area contributed by atoms with Gasteiger partial charge in [-0.05, 0) is 0 Å². The Morgan fingerprint density at radius 2 is 0.600 bits per heavy atom. The van der Waals surface area contributed by atoms with Gasteiger partial charge in [-0.25, -0.2) is 0 Å². The molecule has 0 aromatic carbocycles. The molecule has 0 aliphatic rings. The van der Waals surface area contributed by atoms with Crippen LogP contribution in [0.4, 0.5) is 0 Å². The maximum absolute atomic E-state index is 4.00. The molecule has 0 amide bonds. The molecule has 22 valence electrons. The maximum Gasteiger partial charge on any atom is 0 e. The summed E-state index contributed by atoms with van der Waals surface area (Å²) in [7, 11) is 0. The van der Waals surface area contributed by atoms with Gasteiger partial charge < -0.3 is 0 Å². The number of terminal acetylenes is 2. The van der Waals surface area contributed by atoms with Crippen LogP contribution in [-0.2, 0) is 19.5 Å². The van der Waals surface area contributed by atoms with Crippen molar-refractivity contribution in [2.24, 2.45) is 0 Å². The molecule has 0 aromatic heterocycles. The van der Waals surface area contributed by atoms with Crippen molar-refractivity contribution in [1.29, 1.82) is 0 Å². The molecule has 5 heavy (non-hydrogen) atoms. The van der Waals surface area contributed by atoms with Gasteiger partial charge in [0.05, 0.1) is 0 Å². The third-order valence-electron chi connectivity index (χ3n) is 0. The largest absolute Gasteiger partial charge is 0.124 e. The zero-order chi connectivity index (χ0) is 4.00. The standard InChI is InChI=1S/2C2H2.Zn/c2*1-2;/h2*1-2H;. The first-order valence-corrected chi connectivity index (χ1v) is 0.667. The summed E-state index contributed by atoms with van der Waals surface area (Å²) in [5.74, 6) is 0. The first-order valence-electron chi connectivity index (χ1n) is 0.667. The summed E-state index contributed by atoms with van der Waals surface area (Å²) < 4.78 is 0. The van der Waals surface area contributed by atoms with Gasteiger partial charge in [0.25, 0.3) is 0 Å². The van der Waals surface area contributed by atoms with Gasteiger partial charge in [-0.3, -0.25) is 0 Å². The van der Waals surface area contributed by atoms with Crippen molar-refractivity contribution in [2.45, 2.75) is 0 Å².